The second kappa shape index (κ2) is 5.12. The lowest BCUT2D eigenvalue weighted by atomic mass is 10.3. The van der Waals surface area contributed by atoms with E-state index in [0.717, 1.165) is 4.90 Å². The van der Waals surface area contributed by atoms with Gasteiger partial charge in [0.15, 0.2) is 0 Å². The van der Waals surface area contributed by atoms with Gasteiger partial charge in [-0.15, -0.1) is 11.8 Å². The number of hydrogen-bond acceptors (Lipinski definition) is 4. The largest absolute Gasteiger partial charge is 0.468 e. The molecule has 76 valence electrons. The predicted molar refractivity (Wildman–Crippen MR) is 58.6 cm³/mol. The van der Waals surface area contributed by atoms with Crippen molar-refractivity contribution in [3.05, 3.63) is 23.2 Å². The summed E-state index contributed by atoms with van der Waals surface area (Å²) in [5, 5.41) is 0.555. The molecule has 0 bridgehead atoms. The number of benzene rings is 1. The lowest BCUT2D eigenvalue weighted by Gasteiger charge is -2.03. The fourth-order valence-electron chi connectivity index (χ4n) is 0.830. The number of rotatable bonds is 3. The first-order valence-corrected chi connectivity index (χ1v) is 5.24. The highest BCUT2D eigenvalue weighted by atomic mass is 35.5. The summed E-state index contributed by atoms with van der Waals surface area (Å²) >= 11 is 7.23. The first kappa shape index (κ1) is 11.2. The maximum Gasteiger partial charge on any atom is 0.315 e. The predicted octanol–water partition coefficient (Wildman–Crippen LogP) is 2.19. The van der Waals surface area contributed by atoms with E-state index in [1.165, 1.54) is 18.9 Å². The summed E-state index contributed by atoms with van der Waals surface area (Å²) in [6.07, 6.45) is 0. The van der Waals surface area contributed by atoms with Gasteiger partial charge in [-0.2, -0.15) is 0 Å². The minimum atomic E-state index is -0.275. The van der Waals surface area contributed by atoms with Gasteiger partial charge >= 0.3 is 5.97 Å². The van der Waals surface area contributed by atoms with Crippen LogP contribution in [0.4, 0.5) is 5.69 Å². The molecule has 3 nitrogen and oxygen atoms in total. The van der Waals surface area contributed by atoms with Gasteiger partial charge in [-0.3, -0.25) is 4.79 Å². The van der Waals surface area contributed by atoms with Gasteiger partial charge in [-0.25, -0.2) is 0 Å². The molecule has 1 rings (SSSR count). The van der Waals surface area contributed by atoms with Crippen LogP contribution in [0.2, 0.25) is 5.02 Å². The minimum Gasteiger partial charge on any atom is -0.468 e. The molecule has 0 aliphatic heterocycles. The summed E-state index contributed by atoms with van der Waals surface area (Å²) in [6, 6.07) is 5.18. The number of halogens is 1. The lowest BCUT2D eigenvalue weighted by Crippen LogP contribution is -2.02. The van der Waals surface area contributed by atoms with Crippen LogP contribution in [-0.4, -0.2) is 18.8 Å². The maximum absolute atomic E-state index is 10.9. The van der Waals surface area contributed by atoms with Crippen LogP contribution in [0.25, 0.3) is 0 Å². The standard InChI is InChI=1S/C9H10ClNO2S/c1-13-9(12)5-14-8-3-2-6(11)4-7(8)10/h2-4H,5,11H2,1H3. The Morgan fingerprint density at radius 1 is 1.64 bits per heavy atom. The molecule has 0 saturated heterocycles. The zero-order valence-corrected chi connectivity index (χ0v) is 9.19. The fraction of sp³-hybridized carbons (Fsp3) is 0.222. The molecule has 1 aromatic rings. The van der Waals surface area contributed by atoms with E-state index in [2.05, 4.69) is 4.74 Å². The Morgan fingerprint density at radius 2 is 2.36 bits per heavy atom. The third-order valence-corrected chi connectivity index (χ3v) is 3.00. The van der Waals surface area contributed by atoms with Gasteiger partial charge in [-0.05, 0) is 18.2 Å². The van der Waals surface area contributed by atoms with Crippen molar-refractivity contribution in [2.45, 2.75) is 4.90 Å². The number of hydrogen-bond donors (Lipinski definition) is 1. The quantitative estimate of drug-likeness (QED) is 0.492. The number of nitrogen functional groups attached to an aromatic ring is 1. The van der Waals surface area contributed by atoms with Crippen molar-refractivity contribution in [3.63, 3.8) is 0 Å². The Hall–Kier alpha value is -0.870. The molecule has 0 spiro atoms. The molecular weight excluding hydrogens is 222 g/mol. The molecule has 0 saturated carbocycles. The molecule has 2 N–H and O–H groups in total. The van der Waals surface area contributed by atoms with E-state index in [1.807, 2.05) is 0 Å². The van der Waals surface area contributed by atoms with Crippen molar-refractivity contribution in [1.29, 1.82) is 0 Å². The van der Waals surface area contributed by atoms with Gasteiger partial charge in [0.25, 0.3) is 0 Å². The molecular formula is C9H10ClNO2S. The molecule has 0 aromatic heterocycles. The lowest BCUT2D eigenvalue weighted by molar-refractivity contribution is -0.137. The topological polar surface area (TPSA) is 52.3 Å². The Morgan fingerprint density at radius 3 is 2.93 bits per heavy atom. The molecule has 0 amide bonds. The molecule has 0 fully saturated rings. The molecule has 0 aliphatic carbocycles. The Kier molecular flexibility index (Phi) is 4.10. The summed E-state index contributed by atoms with van der Waals surface area (Å²) < 4.78 is 4.51. The van der Waals surface area contributed by atoms with Gasteiger partial charge < -0.3 is 10.5 Å². The second-order valence-corrected chi connectivity index (χ2v) is 3.98. The molecule has 0 unspecified atom stereocenters. The summed E-state index contributed by atoms with van der Waals surface area (Å²) in [7, 11) is 1.35. The zero-order chi connectivity index (χ0) is 10.6. The van der Waals surface area contributed by atoms with Crippen molar-refractivity contribution in [2.75, 3.05) is 18.6 Å². The third kappa shape index (κ3) is 3.12. The van der Waals surface area contributed by atoms with Crippen LogP contribution < -0.4 is 5.73 Å². The van der Waals surface area contributed by atoms with Gasteiger partial charge in [0, 0.05) is 10.6 Å². The van der Waals surface area contributed by atoms with Crippen LogP contribution in [0.5, 0.6) is 0 Å². The van der Waals surface area contributed by atoms with Crippen LogP contribution in [0.15, 0.2) is 23.1 Å². The summed E-state index contributed by atoms with van der Waals surface area (Å²) in [6.45, 7) is 0. The number of carbonyl (C=O) groups excluding carboxylic acids is 1. The van der Waals surface area contributed by atoms with Crippen LogP contribution >= 0.6 is 23.4 Å². The van der Waals surface area contributed by atoms with Crippen molar-refractivity contribution in [2.24, 2.45) is 0 Å². The molecule has 0 radical (unpaired) electrons. The molecule has 14 heavy (non-hydrogen) atoms. The molecule has 5 heteroatoms. The molecule has 0 aliphatic rings. The highest BCUT2D eigenvalue weighted by Gasteiger charge is 2.05. The summed E-state index contributed by atoms with van der Waals surface area (Å²) in [5.41, 5.74) is 6.13. The van der Waals surface area contributed by atoms with Gasteiger partial charge in [0.2, 0.25) is 0 Å². The number of ether oxygens (including phenoxy) is 1. The maximum atomic E-state index is 10.9. The van der Waals surface area contributed by atoms with E-state index in [4.69, 9.17) is 17.3 Å². The number of anilines is 1. The van der Waals surface area contributed by atoms with E-state index < -0.39 is 0 Å². The number of methoxy groups -OCH3 is 1. The second-order valence-electron chi connectivity index (χ2n) is 2.55. The first-order chi connectivity index (χ1) is 6.63. The van der Waals surface area contributed by atoms with E-state index >= 15 is 0 Å². The molecule has 0 atom stereocenters. The van der Waals surface area contributed by atoms with Crippen LogP contribution in [-0.2, 0) is 9.53 Å². The van der Waals surface area contributed by atoms with Crippen molar-refractivity contribution in [3.8, 4) is 0 Å². The van der Waals surface area contributed by atoms with Crippen molar-refractivity contribution >= 4 is 35.0 Å². The number of esters is 1. The highest BCUT2D eigenvalue weighted by Crippen LogP contribution is 2.28. The Bertz CT molecular complexity index is 344. The highest BCUT2D eigenvalue weighted by molar-refractivity contribution is 8.00. The van der Waals surface area contributed by atoms with E-state index in [-0.39, 0.29) is 11.7 Å². The normalized spacial score (nSPS) is 9.86. The minimum absolute atomic E-state index is 0.250. The zero-order valence-electron chi connectivity index (χ0n) is 7.62. The monoisotopic (exact) mass is 231 g/mol. The van der Waals surface area contributed by atoms with E-state index in [0.29, 0.717) is 10.7 Å². The SMILES string of the molecule is COC(=O)CSc1ccc(N)cc1Cl. The summed E-state index contributed by atoms with van der Waals surface area (Å²) in [4.78, 5) is 11.7. The number of nitrogens with two attached hydrogens (primary N) is 1. The van der Waals surface area contributed by atoms with Gasteiger partial charge in [0.1, 0.15) is 0 Å². The van der Waals surface area contributed by atoms with Gasteiger partial charge in [0.05, 0.1) is 17.9 Å². The fourth-order valence-corrected chi connectivity index (χ4v) is 1.93. The number of thioether (sulfide) groups is 1. The molecule has 0 heterocycles. The Labute approximate surface area is 91.6 Å². The van der Waals surface area contributed by atoms with Crippen molar-refractivity contribution in [1.82, 2.24) is 0 Å². The summed E-state index contributed by atoms with van der Waals surface area (Å²) in [5.74, 6) is -0.0250. The van der Waals surface area contributed by atoms with Crippen molar-refractivity contribution < 1.29 is 9.53 Å². The van der Waals surface area contributed by atoms with Crippen LogP contribution in [0, 0.1) is 0 Å². The average Bonchev–Trinajstić information content (AvgIpc) is 2.16. The molecule has 1 aromatic carbocycles. The average molecular weight is 232 g/mol. The first-order valence-electron chi connectivity index (χ1n) is 3.88. The van der Waals surface area contributed by atoms with E-state index in [9.17, 15) is 4.79 Å². The third-order valence-electron chi connectivity index (χ3n) is 1.53. The van der Waals surface area contributed by atoms with Gasteiger partial charge in [-0.1, -0.05) is 11.6 Å². The van der Waals surface area contributed by atoms with E-state index in [1.54, 1.807) is 18.2 Å². The van der Waals surface area contributed by atoms with Crippen LogP contribution in [0.3, 0.4) is 0 Å². The smallest absolute Gasteiger partial charge is 0.315 e. The van der Waals surface area contributed by atoms with Crippen LogP contribution in [0.1, 0.15) is 0 Å². The Balaban J connectivity index is 2.63. The number of carbonyl (C=O) groups is 1.